The zero-order chi connectivity index (χ0) is 26.1. The SMILES string of the molecule is COc1ccc(-n2nc3cc(C)c(NC(=S)NC(=O)c4c(F)c(F)c(OC)c(F)c4F)cc3n2)cc1. The fourth-order valence-corrected chi connectivity index (χ4v) is 3.55. The van der Waals surface area contributed by atoms with Crippen LogP contribution >= 0.6 is 12.2 Å². The van der Waals surface area contributed by atoms with Crippen LogP contribution in [0.1, 0.15) is 15.9 Å². The van der Waals surface area contributed by atoms with Crippen molar-refractivity contribution < 1.29 is 31.8 Å². The molecular formula is C23H17F4N5O3S. The molecule has 4 aromatic rings. The second-order valence-electron chi connectivity index (χ2n) is 7.42. The Balaban J connectivity index is 1.56. The summed E-state index contributed by atoms with van der Waals surface area (Å²) in [6, 6.07) is 10.4. The van der Waals surface area contributed by atoms with E-state index in [1.165, 1.54) is 4.80 Å². The lowest BCUT2D eigenvalue weighted by atomic mass is 10.1. The Hall–Kier alpha value is -4.26. The first-order chi connectivity index (χ1) is 17.1. The normalized spacial score (nSPS) is 10.9. The van der Waals surface area contributed by atoms with E-state index < -0.39 is 40.5 Å². The number of benzene rings is 3. The molecule has 186 valence electrons. The average Bonchev–Trinajstić information content (AvgIpc) is 3.26. The molecule has 0 radical (unpaired) electrons. The molecule has 0 spiro atoms. The van der Waals surface area contributed by atoms with Crippen LogP contribution < -0.4 is 20.1 Å². The van der Waals surface area contributed by atoms with Crippen molar-refractivity contribution >= 4 is 40.0 Å². The zero-order valence-electron chi connectivity index (χ0n) is 19.0. The maximum Gasteiger partial charge on any atom is 0.263 e. The van der Waals surface area contributed by atoms with Gasteiger partial charge in [0.25, 0.3) is 5.91 Å². The fourth-order valence-electron chi connectivity index (χ4n) is 3.34. The Morgan fingerprint density at radius 1 is 0.917 bits per heavy atom. The highest BCUT2D eigenvalue weighted by Gasteiger charge is 2.30. The first-order valence-electron chi connectivity index (χ1n) is 10.2. The van der Waals surface area contributed by atoms with Gasteiger partial charge in [0, 0.05) is 5.69 Å². The van der Waals surface area contributed by atoms with Crippen LogP contribution in [0.5, 0.6) is 11.5 Å². The van der Waals surface area contributed by atoms with Gasteiger partial charge in [-0.05, 0) is 61.1 Å². The molecule has 13 heteroatoms. The molecule has 0 aliphatic rings. The van der Waals surface area contributed by atoms with Gasteiger partial charge in [-0.3, -0.25) is 10.1 Å². The van der Waals surface area contributed by atoms with Crippen molar-refractivity contribution in [1.82, 2.24) is 20.3 Å². The number of nitrogens with one attached hydrogen (secondary N) is 2. The molecule has 0 aliphatic carbocycles. The fraction of sp³-hybridized carbons (Fsp3) is 0.130. The minimum atomic E-state index is -1.92. The molecule has 0 aliphatic heterocycles. The molecule has 36 heavy (non-hydrogen) atoms. The van der Waals surface area contributed by atoms with Crippen molar-refractivity contribution in [2.45, 2.75) is 6.92 Å². The minimum absolute atomic E-state index is 0.375. The number of carbonyl (C=O) groups excluding carboxylic acids is 1. The smallest absolute Gasteiger partial charge is 0.263 e. The third-order valence-electron chi connectivity index (χ3n) is 5.16. The lowest BCUT2D eigenvalue weighted by Gasteiger charge is -2.13. The second-order valence-corrected chi connectivity index (χ2v) is 7.82. The molecule has 0 bridgehead atoms. The Morgan fingerprint density at radius 3 is 2.06 bits per heavy atom. The van der Waals surface area contributed by atoms with Crippen molar-refractivity contribution in [3.8, 4) is 17.2 Å². The Morgan fingerprint density at radius 2 is 1.50 bits per heavy atom. The number of aryl methyl sites for hydroxylation is 1. The standard InChI is InChI=1S/C23H17F4N5O3S/c1-10-8-14-15(31-32(30-14)11-4-6-12(34-2)7-5-11)9-13(10)28-23(36)29-22(33)16-17(24)19(26)21(35-3)20(27)18(16)25/h4-9H,1-3H3,(H2,28,29,33,36). The van der Waals surface area contributed by atoms with Crippen molar-refractivity contribution in [2.24, 2.45) is 0 Å². The van der Waals surface area contributed by atoms with Gasteiger partial charge in [0.15, 0.2) is 22.5 Å². The van der Waals surface area contributed by atoms with Crippen molar-refractivity contribution in [2.75, 3.05) is 19.5 Å². The van der Waals surface area contributed by atoms with Gasteiger partial charge in [-0.25, -0.2) is 8.78 Å². The summed E-state index contributed by atoms with van der Waals surface area (Å²) in [5, 5.41) is 13.2. The van der Waals surface area contributed by atoms with Crippen molar-refractivity contribution in [3.63, 3.8) is 0 Å². The second kappa shape index (κ2) is 9.77. The molecule has 0 saturated carbocycles. The number of hydrogen-bond donors (Lipinski definition) is 2. The summed E-state index contributed by atoms with van der Waals surface area (Å²) in [4.78, 5) is 13.8. The number of halogens is 4. The molecule has 8 nitrogen and oxygen atoms in total. The molecule has 0 saturated heterocycles. The van der Waals surface area contributed by atoms with E-state index in [0.29, 0.717) is 33.7 Å². The van der Waals surface area contributed by atoms with E-state index in [0.717, 1.165) is 7.11 Å². The minimum Gasteiger partial charge on any atom is -0.497 e. The molecule has 4 rings (SSSR count). The van der Waals surface area contributed by atoms with E-state index in [4.69, 9.17) is 17.0 Å². The van der Waals surface area contributed by atoms with Crippen LogP contribution in [0.15, 0.2) is 36.4 Å². The number of hydrogen-bond acceptors (Lipinski definition) is 6. The lowest BCUT2D eigenvalue weighted by Crippen LogP contribution is -2.35. The number of thiocarbonyl (C=S) groups is 1. The maximum atomic E-state index is 14.2. The lowest BCUT2D eigenvalue weighted by molar-refractivity contribution is 0.0966. The average molecular weight is 519 g/mol. The Bertz CT molecular complexity index is 1480. The van der Waals surface area contributed by atoms with Crippen LogP contribution in [0.4, 0.5) is 23.2 Å². The highest BCUT2D eigenvalue weighted by Crippen LogP contribution is 2.30. The van der Waals surface area contributed by atoms with E-state index in [2.05, 4.69) is 20.3 Å². The summed E-state index contributed by atoms with van der Waals surface area (Å²) in [5.74, 6) is -9.63. The summed E-state index contributed by atoms with van der Waals surface area (Å²) in [6.45, 7) is 1.73. The molecule has 1 aromatic heterocycles. The molecule has 1 heterocycles. The number of nitrogens with zero attached hydrogens (tertiary/aromatic N) is 3. The predicted molar refractivity (Wildman–Crippen MR) is 127 cm³/mol. The summed E-state index contributed by atoms with van der Waals surface area (Å²) in [6.07, 6.45) is 0. The predicted octanol–water partition coefficient (Wildman–Crippen LogP) is 4.43. The number of aromatic nitrogens is 3. The van der Waals surface area contributed by atoms with E-state index >= 15 is 0 Å². The van der Waals surface area contributed by atoms with Gasteiger partial charge in [-0.1, -0.05) is 0 Å². The van der Waals surface area contributed by atoms with Crippen molar-refractivity contribution in [3.05, 3.63) is 70.8 Å². The van der Waals surface area contributed by atoms with Gasteiger partial charge in [0.05, 0.1) is 19.9 Å². The zero-order valence-corrected chi connectivity index (χ0v) is 19.8. The topological polar surface area (TPSA) is 90.3 Å². The molecule has 0 fully saturated rings. The Labute approximate surface area is 206 Å². The first kappa shape index (κ1) is 24.9. The first-order valence-corrected chi connectivity index (χ1v) is 10.6. The van der Waals surface area contributed by atoms with Crippen LogP contribution in [-0.2, 0) is 0 Å². The van der Waals surface area contributed by atoms with E-state index in [9.17, 15) is 22.4 Å². The number of methoxy groups -OCH3 is 2. The molecule has 0 atom stereocenters. The van der Waals surface area contributed by atoms with Gasteiger partial charge < -0.3 is 14.8 Å². The van der Waals surface area contributed by atoms with Gasteiger partial charge in [-0.2, -0.15) is 13.6 Å². The number of anilines is 1. The van der Waals surface area contributed by atoms with Gasteiger partial charge >= 0.3 is 0 Å². The summed E-state index contributed by atoms with van der Waals surface area (Å²) in [5.41, 5.74) is 1.30. The van der Waals surface area contributed by atoms with Crippen LogP contribution in [0.25, 0.3) is 16.7 Å². The highest BCUT2D eigenvalue weighted by molar-refractivity contribution is 7.80. The molecular weight excluding hydrogens is 502 g/mol. The molecule has 3 aromatic carbocycles. The van der Waals surface area contributed by atoms with Crippen molar-refractivity contribution in [1.29, 1.82) is 0 Å². The third kappa shape index (κ3) is 4.52. The third-order valence-corrected chi connectivity index (χ3v) is 5.36. The number of amides is 1. The van der Waals surface area contributed by atoms with Crippen LogP contribution in [0.3, 0.4) is 0 Å². The Kier molecular flexibility index (Phi) is 6.75. The van der Waals surface area contributed by atoms with Crippen LogP contribution in [-0.4, -0.2) is 40.2 Å². The van der Waals surface area contributed by atoms with E-state index in [-0.39, 0.29) is 5.11 Å². The maximum absolute atomic E-state index is 14.2. The molecule has 2 N–H and O–H groups in total. The number of ether oxygens (including phenoxy) is 2. The van der Waals surface area contributed by atoms with Crippen LogP contribution in [0.2, 0.25) is 0 Å². The van der Waals surface area contributed by atoms with Gasteiger partial charge in [-0.15, -0.1) is 10.2 Å². The van der Waals surface area contributed by atoms with E-state index in [1.807, 2.05) is 5.32 Å². The number of fused-ring (bicyclic) bond motifs is 1. The largest absolute Gasteiger partial charge is 0.497 e. The highest BCUT2D eigenvalue weighted by atomic mass is 32.1. The number of carbonyl (C=O) groups is 1. The number of rotatable bonds is 5. The molecule has 1 amide bonds. The van der Waals surface area contributed by atoms with Gasteiger partial charge in [0.1, 0.15) is 22.3 Å². The molecule has 0 unspecified atom stereocenters. The van der Waals surface area contributed by atoms with E-state index in [1.54, 1.807) is 50.4 Å². The summed E-state index contributed by atoms with van der Waals surface area (Å²) in [7, 11) is 2.38. The monoisotopic (exact) mass is 519 g/mol. The summed E-state index contributed by atoms with van der Waals surface area (Å²) >= 11 is 5.05. The summed E-state index contributed by atoms with van der Waals surface area (Å²) < 4.78 is 65.8. The van der Waals surface area contributed by atoms with Gasteiger partial charge in [0.2, 0.25) is 11.6 Å². The quantitative estimate of drug-likeness (QED) is 0.229. The van der Waals surface area contributed by atoms with Crippen LogP contribution in [0, 0.1) is 30.2 Å².